The van der Waals surface area contributed by atoms with Gasteiger partial charge in [-0.25, -0.2) is 0 Å². The monoisotopic (exact) mass is 318 g/mol. The number of methoxy groups -OCH3 is 1. The molecule has 7 heteroatoms. The third-order valence-electron chi connectivity index (χ3n) is 4.46. The van der Waals surface area contributed by atoms with E-state index in [9.17, 15) is 0 Å². The first-order valence-corrected chi connectivity index (χ1v) is 8.25. The second-order valence-electron chi connectivity index (χ2n) is 6.56. The lowest BCUT2D eigenvalue weighted by Gasteiger charge is -2.25. The molecule has 0 radical (unpaired) electrons. The van der Waals surface area contributed by atoms with Gasteiger partial charge < -0.3 is 9.30 Å². The van der Waals surface area contributed by atoms with Crippen LogP contribution in [0.4, 0.5) is 0 Å². The second kappa shape index (κ2) is 6.80. The summed E-state index contributed by atoms with van der Waals surface area (Å²) in [6.07, 6.45) is 5.04. The average molecular weight is 318 g/mol. The molecule has 3 heterocycles. The summed E-state index contributed by atoms with van der Waals surface area (Å²) in [5, 5.41) is 13.0. The molecule has 2 aromatic heterocycles. The minimum absolute atomic E-state index is 0.401. The first-order valence-electron chi connectivity index (χ1n) is 8.25. The van der Waals surface area contributed by atoms with Crippen molar-refractivity contribution in [2.75, 3.05) is 13.7 Å². The minimum Gasteiger partial charge on any atom is -0.377 e. The highest BCUT2D eigenvalue weighted by atomic mass is 16.5. The number of nitrogens with zero attached hydrogens (tertiary/aromatic N) is 6. The third-order valence-corrected chi connectivity index (χ3v) is 4.46. The number of hydrogen-bond acceptors (Lipinski definition) is 5. The summed E-state index contributed by atoms with van der Waals surface area (Å²) in [6, 6.07) is 0.830. The Morgan fingerprint density at radius 3 is 2.83 bits per heavy atom. The lowest BCUT2D eigenvalue weighted by atomic mass is 10.2. The van der Waals surface area contributed by atoms with E-state index in [1.807, 2.05) is 10.9 Å². The molecule has 2 aromatic rings. The highest BCUT2D eigenvalue weighted by molar-refractivity contribution is 5.06. The maximum Gasteiger partial charge on any atom is 0.159 e. The van der Waals surface area contributed by atoms with Crippen LogP contribution >= 0.6 is 0 Å². The molecule has 0 N–H and O–H groups in total. The Bertz CT molecular complexity index is 647. The molecule has 3 rings (SSSR count). The van der Waals surface area contributed by atoms with Crippen molar-refractivity contribution in [1.82, 2.24) is 29.4 Å². The summed E-state index contributed by atoms with van der Waals surface area (Å²) in [4.78, 5) is 2.49. The maximum atomic E-state index is 5.22. The molecule has 7 nitrogen and oxygen atoms in total. The second-order valence-corrected chi connectivity index (χ2v) is 6.56. The van der Waals surface area contributed by atoms with E-state index >= 15 is 0 Å². The molecule has 0 aliphatic carbocycles. The van der Waals surface area contributed by atoms with Crippen LogP contribution in [0.3, 0.4) is 0 Å². The Labute approximate surface area is 137 Å². The van der Waals surface area contributed by atoms with Crippen molar-refractivity contribution in [3.05, 3.63) is 29.6 Å². The van der Waals surface area contributed by atoms with Gasteiger partial charge in [0.25, 0.3) is 0 Å². The standard InChI is InChI=1S/C16H26N6O/c1-12(2)22-10-14(8-17-22)9-20-5-6-21-15(7-13(20)3)18-19-16(21)11-23-4/h8,10,12-13H,5-7,9,11H2,1-4H3/t13-/m1/s1. The van der Waals surface area contributed by atoms with Crippen molar-refractivity contribution >= 4 is 0 Å². The van der Waals surface area contributed by atoms with Crippen LogP contribution in [0.15, 0.2) is 12.4 Å². The van der Waals surface area contributed by atoms with Crippen LogP contribution in [-0.2, 0) is 30.9 Å². The zero-order valence-electron chi connectivity index (χ0n) is 14.4. The number of aromatic nitrogens is 5. The van der Waals surface area contributed by atoms with E-state index in [1.54, 1.807) is 7.11 Å². The van der Waals surface area contributed by atoms with Gasteiger partial charge in [-0.05, 0) is 20.8 Å². The van der Waals surface area contributed by atoms with E-state index in [2.05, 4.69) is 51.7 Å². The van der Waals surface area contributed by atoms with Crippen molar-refractivity contribution in [2.24, 2.45) is 0 Å². The maximum absolute atomic E-state index is 5.22. The first-order chi connectivity index (χ1) is 11.1. The van der Waals surface area contributed by atoms with Crippen LogP contribution in [0.2, 0.25) is 0 Å². The largest absolute Gasteiger partial charge is 0.377 e. The fraction of sp³-hybridized carbons (Fsp3) is 0.688. The topological polar surface area (TPSA) is 61.0 Å². The van der Waals surface area contributed by atoms with Crippen LogP contribution in [0.25, 0.3) is 0 Å². The van der Waals surface area contributed by atoms with E-state index in [4.69, 9.17) is 4.74 Å². The van der Waals surface area contributed by atoms with E-state index in [-0.39, 0.29) is 0 Å². The molecule has 0 amide bonds. The predicted molar refractivity (Wildman–Crippen MR) is 86.9 cm³/mol. The smallest absolute Gasteiger partial charge is 0.159 e. The summed E-state index contributed by atoms with van der Waals surface area (Å²) >= 11 is 0. The van der Waals surface area contributed by atoms with E-state index < -0.39 is 0 Å². The van der Waals surface area contributed by atoms with Crippen LogP contribution in [-0.4, -0.2) is 49.1 Å². The minimum atomic E-state index is 0.401. The molecule has 0 saturated carbocycles. The molecular formula is C16H26N6O. The van der Waals surface area contributed by atoms with Crippen molar-refractivity contribution in [2.45, 2.75) is 59.0 Å². The molecular weight excluding hydrogens is 292 g/mol. The van der Waals surface area contributed by atoms with Gasteiger partial charge in [0.15, 0.2) is 5.82 Å². The summed E-state index contributed by atoms with van der Waals surface area (Å²) in [7, 11) is 1.69. The molecule has 0 aromatic carbocycles. The Morgan fingerprint density at radius 2 is 2.13 bits per heavy atom. The molecule has 0 fully saturated rings. The Hall–Kier alpha value is -1.73. The quantitative estimate of drug-likeness (QED) is 0.839. The average Bonchev–Trinajstić information content (AvgIpc) is 3.08. The summed E-state index contributed by atoms with van der Waals surface area (Å²) < 4.78 is 9.44. The lowest BCUT2D eigenvalue weighted by Crippen LogP contribution is -2.34. The van der Waals surface area contributed by atoms with Gasteiger partial charge in [0.1, 0.15) is 12.4 Å². The zero-order valence-corrected chi connectivity index (χ0v) is 14.4. The third kappa shape index (κ3) is 3.45. The summed E-state index contributed by atoms with van der Waals surface area (Å²) in [5.41, 5.74) is 1.26. The normalized spacial score (nSPS) is 19.1. The van der Waals surface area contributed by atoms with Crippen molar-refractivity contribution in [3.63, 3.8) is 0 Å². The van der Waals surface area contributed by atoms with Gasteiger partial charge in [-0.1, -0.05) is 0 Å². The zero-order chi connectivity index (χ0) is 16.4. The first kappa shape index (κ1) is 16.1. The molecule has 0 saturated heterocycles. The van der Waals surface area contributed by atoms with Crippen molar-refractivity contribution in [1.29, 1.82) is 0 Å². The van der Waals surface area contributed by atoms with Crippen LogP contribution in [0.1, 0.15) is 44.0 Å². The number of fused-ring (bicyclic) bond motifs is 1. The van der Waals surface area contributed by atoms with E-state index in [0.29, 0.717) is 18.7 Å². The molecule has 1 aliphatic rings. The van der Waals surface area contributed by atoms with Crippen molar-refractivity contribution < 1.29 is 4.74 Å². The molecule has 0 unspecified atom stereocenters. The van der Waals surface area contributed by atoms with Gasteiger partial charge in [0, 0.05) is 57.0 Å². The number of hydrogen-bond donors (Lipinski definition) is 0. The Kier molecular flexibility index (Phi) is 4.77. The highest BCUT2D eigenvalue weighted by Gasteiger charge is 2.24. The van der Waals surface area contributed by atoms with Crippen molar-refractivity contribution in [3.8, 4) is 0 Å². The van der Waals surface area contributed by atoms with Gasteiger partial charge in [-0.15, -0.1) is 10.2 Å². The number of rotatable bonds is 5. The fourth-order valence-corrected chi connectivity index (χ4v) is 3.07. The Balaban J connectivity index is 1.70. The van der Waals surface area contributed by atoms with Gasteiger partial charge in [-0.2, -0.15) is 5.10 Å². The molecule has 0 bridgehead atoms. The SMILES string of the molecule is COCc1nnc2n1CCN(Cc1cnn(C(C)C)c1)[C@H](C)C2. The summed E-state index contributed by atoms with van der Waals surface area (Å²) in [5.74, 6) is 1.98. The van der Waals surface area contributed by atoms with Gasteiger partial charge >= 0.3 is 0 Å². The molecule has 126 valence electrons. The predicted octanol–water partition coefficient (Wildman–Crippen LogP) is 1.65. The Morgan fingerprint density at radius 1 is 1.30 bits per heavy atom. The van der Waals surface area contributed by atoms with Crippen LogP contribution in [0, 0.1) is 0 Å². The van der Waals surface area contributed by atoms with Gasteiger partial charge in [-0.3, -0.25) is 9.58 Å². The molecule has 1 aliphatic heterocycles. The van der Waals surface area contributed by atoms with Crippen LogP contribution in [0.5, 0.6) is 0 Å². The van der Waals surface area contributed by atoms with E-state index in [1.165, 1.54) is 5.56 Å². The molecule has 23 heavy (non-hydrogen) atoms. The fourth-order valence-electron chi connectivity index (χ4n) is 3.07. The molecule has 1 atom stereocenters. The highest BCUT2D eigenvalue weighted by Crippen LogP contribution is 2.18. The van der Waals surface area contributed by atoms with Crippen LogP contribution < -0.4 is 0 Å². The number of ether oxygens (including phenoxy) is 1. The summed E-state index contributed by atoms with van der Waals surface area (Å²) in [6.45, 7) is 9.88. The lowest BCUT2D eigenvalue weighted by molar-refractivity contribution is 0.171. The molecule has 0 spiro atoms. The van der Waals surface area contributed by atoms with E-state index in [0.717, 1.165) is 37.7 Å². The van der Waals surface area contributed by atoms with Gasteiger partial charge in [0.2, 0.25) is 0 Å². The van der Waals surface area contributed by atoms with Gasteiger partial charge in [0.05, 0.1) is 6.20 Å².